The lowest BCUT2D eigenvalue weighted by molar-refractivity contribution is 0.0593. The predicted molar refractivity (Wildman–Crippen MR) is 85.0 cm³/mol. The standard InChI is InChI=1S/C15H20ClN5O/c16-15-19-13(17-8-10-4-1-2-5-10)12-14(20-15)21(9-18-12)11-6-3-7-22-11/h9-11H,1-8H2,(H,17,19,20). The molecule has 0 spiro atoms. The average Bonchev–Trinajstić information content (AvgIpc) is 3.24. The van der Waals surface area contributed by atoms with Crippen molar-refractivity contribution in [3.05, 3.63) is 11.6 Å². The van der Waals surface area contributed by atoms with Crippen LogP contribution in [0.15, 0.2) is 6.33 Å². The highest BCUT2D eigenvalue weighted by Gasteiger charge is 2.22. The van der Waals surface area contributed by atoms with Gasteiger partial charge in [-0.2, -0.15) is 9.97 Å². The summed E-state index contributed by atoms with van der Waals surface area (Å²) in [6.07, 6.45) is 9.09. The van der Waals surface area contributed by atoms with Gasteiger partial charge in [-0.3, -0.25) is 4.57 Å². The van der Waals surface area contributed by atoms with Crippen molar-refractivity contribution < 1.29 is 4.74 Å². The quantitative estimate of drug-likeness (QED) is 0.874. The van der Waals surface area contributed by atoms with Gasteiger partial charge >= 0.3 is 0 Å². The molecule has 7 heteroatoms. The second-order valence-corrected chi connectivity index (χ2v) is 6.50. The van der Waals surface area contributed by atoms with Gasteiger partial charge in [0, 0.05) is 13.2 Å². The van der Waals surface area contributed by atoms with E-state index in [1.807, 2.05) is 4.57 Å². The fourth-order valence-corrected chi connectivity index (χ4v) is 3.62. The number of nitrogens with zero attached hydrogens (tertiary/aromatic N) is 4. The fraction of sp³-hybridized carbons (Fsp3) is 0.667. The van der Waals surface area contributed by atoms with Gasteiger partial charge in [-0.25, -0.2) is 4.98 Å². The van der Waals surface area contributed by atoms with E-state index in [0.29, 0.717) is 0 Å². The van der Waals surface area contributed by atoms with Crippen LogP contribution in [-0.2, 0) is 4.74 Å². The molecule has 2 aliphatic rings. The smallest absolute Gasteiger partial charge is 0.226 e. The van der Waals surface area contributed by atoms with Gasteiger partial charge in [-0.05, 0) is 43.2 Å². The van der Waals surface area contributed by atoms with E-state index in [0.717, 1.165) is 48.9 Å². The minimum Gasteiger partial charge on any atom is -0.368 e. The van der Waals surface area contributed by atoms with Gasteiger partial charge < -0.3 is 10.1 Å². The molecule has 1 atom stereocenters. The Morgan fingerprint density at radius 1 is 1.23 bits per heavy atom. The van der Waals surface area contributed by atoms with Crippen molar-refractivity contribution in [1.82, 2.24) is 19.5 Å². The first-order chi connectivity index (χ1) is 10.8. The van der Waals surface area contributed by atoms with Gasteiger partial charge in [0.05, 0.1) is 6.33 Å². The number of hydrogen-bond acceptors (Lipinski definition) is 5. The summed E-state index contributed by atoms with van der Waals surface area (Å²) < 4.78 is 7.69. The molecule has 0 bridgehead atoms. The van der Waals surface area contributed by atoms with Gasteiger partial charge in [-0.15, -0.1) is 0 Å². The maximum atomic E-state index is 6.11. The third-order valence-corrected chi connectivity index (χ3v) is 4.81. The highest BCUT2D eigenvalue weighted by atomic mass is 35.5. The summed E-state index contributed by atoms with van der Waals surface area (Å²) in [5, 5.41) is 3.67. The second kappa shape index (κ2) is 6.01. The molecular formula is C15H20ClN5O. The van der Waals surface area contributed by atoms with Gasteiger partial charge in [0.15, 0.2) is 17.0 Å². The van der Waals surface area contributed by atoms with Crippen LogP contribution in [0, 0.1) is 5.92 Å². The van der Waals surface area contributed by atoms with E-state index in [1.165, 1.54) is 25.7 Å². The van der Waals surface area contributed by atoms with Crippen molar-refractivity contribution in [3.63, 3.8) is 0 Å². The first-order valence-corrected chi connectivity index (χ1v) is 8.44. The van der Waals surface area contributed by atoms with Crippen molar-refractivity contribution in [3.8, 4) is 0 Å². The molecule has 1 N–H and O–H groups in total. The van der Waals surface area contributed by atoms with E-state index >= 15 is 0 Å². The minimum atomic E-state index is 0.0126. The summed E-state index contributed by atoms with van der Waals surface area (Å²) in [4.78, 5) is 13.2. The molecule has 2 fully saturated rings. The van der Waals surface area contributed by atoms with Crippen LogP contribution in [-0.4, -0.2) is 32.7 Å². The van der Waals surface area contributed by atoms with Gasteiger partial charge in [0.2, 0.25) is 5.28 Å². The lowest BCUT2D eigenvalue weighted by atomic mass is 10.1. The average molecular weight is 322 g/mol. The summed E-state index contributed by atoms with van der Waals surface area (Å²) in [6, 6.07) is 0. The van der Waals surface area contributed by atoms with E-state index in [2.05, 4.69) is 20.3 Å². The Hall–Kier alpha value is -1.40. The largest absolute Gasteiger partial charge is 0.368 e. The van der Waals surface area contributed by atoms with Gasteiger partial charge in [-0.1, -0.05) is 12.8 Å². The molecule has 2 aromatic heterocycles. The highest BCUT2D eigenvalue weighted by Crippen LogP contribution is 2.30. The predicted octanol–water partition coefficient (Wildman–Crippen LogP) is 3.39. The summed E-state index contributed by atoms with van der Waals surface area (Å²) in [5.41, 5.74) is 1.53. The van der Waals surface area contributed by atoms with E-state index in [9.17, 15) is 0 Å². The van der Waals surface area contributed by atoms with E-state index in [1.54, 1.807) is 6.33 Å². The number of nitrogens with one attached hydrogen (secondary N) is 1. The second-order valence-electron chi connectivity index (χ2n) is 6.16. The summed E-state index contributed by atoms with van der Waals surface area (Å²) in [6.45, 7) is 1.71. The molecule has 118 valence electrons. The Morgan fingerprint density at radius 3 is 2.86 bits per heavy atom. The molecule has 2 aromatic rings. The fourth-order valence-electron chi connectivity index (χ4n) is 3.46. The van der Waals surface area contributed by atoms with E-state index in [-0.39, 0.29) is 11.5 Å². The summed E-state index contributed by atoms with van der Waals surface area (Å²) >= 11 is 6.11. The number of hydrogen-bond donors (Lipinski definition) is 1. The Kier molecular flexibility index (Phi) is 3.88. The number of aromatic nitrogens is 4. The molecule has 0 aromatic carbocycles. The Bertz CT molecular complexity index is 661. The molecule has 1 unspecified atom stereocenters. The van der Waals surface area contributed by atoms with Crippen molar-refractivity contribution in [1.29, 1.82) is 0 Å². The van der Waals surface area contributed by atoms with Crippen LogP contribution in [0.25, 0.3) is 11.2 Å². The van der Waals surface area contributed by atoms with Gasteiger partial charge in [0.1, 0.15) is 6.23 Å². The number of anilines is 1. The number of rotatable bonds is 4. The zero-order chi connectivity index (χ0) is 14.9. The molecule has 1 saturated carbocycles. The highest BCUT2D eigenvalue weighted by molar-refractivity contribution is 6.28. The molecule has 3 heterocycles. The zero-order valence-corrected chi connectivity index (χ0v) is 13.2. The normalized spacial score (nSPS) is 22.7. The molecule has 0 amide bonds. The van der Waals surface area contributed by atoms with Crippen molar-refractivity contribution in [2.45, 2.75) is 44.8 Å². The van der Waals surface area contributed by atoms with Crippen molar-refractivity contribution in [2.24, 2.45) is 5.92 Å². The Balaban J connectivity index is 1.62. The first kappa shape index (κ1) is 14.2. The maximum Gasteiger partial charge on any atom is 0.226 e. The molecule has 0 radical (unpaired) electrons. The molecule has 22 heavy (non-hydrogen) atoms. The zero-order valence-electron chi connectivity index (χ0n) is 12.5. The van der Waals surface area contributed by atoms with E-state index in [4.69, 9.17) is 16.3 Å². The van der Waals surface area contributed by atoms with Crippen LogP contribution >= 0.6 is 11.6 Å². The monoisotopic (exact) mass is 321 g/mol. The van der Waals surface area contributed by atoms with Gasteiger partial charge in [0.25, 0.3) is 0 Å². The Morgan fingerprint density at radius 2 is 2.09 bits per heavy atom. The van der Waals surface area contributed by atoms with Crippen LogP contribution in [0.5, 0.6) is 0 Å². The summed E-state index contributed by atoms with van der Waals surface area (Å²) in [5.74, 6) is 1.46. The first-order valence-electron chi connectivity index (χ1n) is 8.07. The van der Waals surface area contributed by atoms with Crippen LogP contribution in [0.3, 0.4) is 0 Å². The molecular weight excluding hydrogens is 302 g/mol. The molecule has 6 nitrogen and oxygen atoms in total. The molecule has 1 aliphatic heterocycles. The Labute approximate surface area is 134 Å². The lowest BCUT2D eigenvalue weighted by Crippen LogP contribution is -2.13. The SMILES string of the molecule is Clc1nc(NCC2CCCC2)c2ncn(C3CCCO3)c2n1. The number of fused-ring (bicyclic) bond motifs is 1. The maximum absolute atomic E-state index is 6.11. The number of ether oxygens (including phenoxy) is 1. The third-order valence-electron chi connectivity index (χ3n) is 4.64. The minimum absolute atomic E-state index is 0.0126. The van der Waals surface area contributed by atoms with Crippen LogP contribution in [0.4, 0.5) is 5.82 Å². The third kappa shape index (κ3) is 2.65. The topological polar surface area (TPSA) is 64.9 Å². The lowest BCUT2D eigenvalue weighted by Gasteiger charge is -2.13. The molecule has 1 saturated heterocycles. The molecule has 1 aliphatic carbocycles. The van der Waals surface area contributed by atoms with Crippen LogP contribution in [0.1, 0.15) is 44.8 Å². The van der Waals surface area contributed by atoms with Crippen LogP contribution < -0.4 is 5.32 Å². The molecule has 4 rings (SSSR count). The van der Waals surface area contributed by atoms with Crippen molar-refractivity contribution >= 4 is 28.6 Å². The number of imidazole rings is 1. The van der Waals surface area contributed by atoms with Crippen molar-refractivity contribution in [2.75, 3.05) is 18.5 Å². The van der Waals surface area contributed by atoms with Crippen LogP contribution in [0.2, 0.25) is 5.28 Å². The summed E-state index contributed by atoms with van der Waals surface area (Å²) in [7, 11) is 0. The van der Waals surface area contributed by atoms with E-state index < -0.39 is 0 Å². The number of halogens is 1.